The second-order valence-electron chi connectivity index (χ2n) is 7.43. The van der Waals surface area contributed by atoms with E-state index in [2.05, 4.69) is 42.5 Å². The van der Waals surface area contributed by atoms with Gasteiger partial charge in [0.05, 0.1) is 12.1 Å². The number of hydroxylamine groups is 2. The molecule has 1 aliphatic rings. The molecule has 1 aliphatic heterocycles. The van der Waals surface area contributed by atoms with Gasteiger partial charge >= 0.3 is 0 Å². The molecule has 3 nitrogen and oxygen atoms in total. The molecule has 0 saturated carbocycles. The number of rotatable bonds is 5. The van der Waals surface area contributed by atoms with E-state index in [1.165, 1.54) is 5.39 Å². The van der Waals surface area contributed by atoms with Crippen molar-refractivity contribution in [2.45, 2.75) is 12.6 Å². The van der Waals surface area contributed by atoms with Crippen molar-refractivity contribution in [3.8, 4) is 0 Å². The normalized spacial score (nSPS) is 16.6. The Morgan fingerprint density at radius 3 is 2.17 bits per heavy atom. The molecule has 146 valence electrons. The highest BCUT2D eigenvalue weighted by atomic mass is 16.7. The lowest BCUT2D eigenvalue weighted by Crippen LogP contribution is -2.24. The monoisotopic (exact) mass is 391 g/mol. The molecule has 0 amide bonds. The quantitative estimate of drug-likeness (QED) is 0.394. The van der Waals surface area contributed by atoms with Gasteiger partial charge in [-0.25, -0.2) is 0 Å². The van der Waals surface area contributed by atoms with Crippen molar-refractivity contribution in [1.29, 1.82) is 0 Å². The van der Waals surface area contributed by atoms with Crippen molar-refractivity contribution in [1.82, 2.24) is 5.06 Å². The summed E-state index contributed by atoms with van der Waals surface area (Å²) in [4.78, 5) is 18.6. The van der Waals surface area contributed by atoms with Gasteiger partial charge in [-0.3, -0.25) is 4.79 Å². The highest BCUT2D eigenvalue weighted by molar-refractivity contribution is 5.90. The van der Waals surface area contributed by atoms with Gasteiger partial charge in [0.2, 0.25) is 0 Å². The maximum absolute atomic E-state index is 12.3. The van der Waals surface area contributed by atoms with Crippen molar-refractivity contribution in [2.75, 3.05) is 0 Å². The fourth-order valence-corrected chi connectivity index (χ4v) is 4.04. The van der Waals surface area contributed by atoms with Crippen LogP contribution >= 0.6 is 0 Å². The Bertz CT molecular complexity index is 1220. The summed E-state index contributed by atoms with van der Waals surface area (Å²) in [5.41, 5.74) is 3.72. The minimum absolute atomic E-state index is 0.275. The summed E-state index contributed by atoms with van der Waals surface area (Å²) in [5.74, 6) is 0.625. The lowest BCUT2D eigenvalue weighted by Gasteiger charge is -2.24. The van der Waals surface area contributed by atoms with Crippen molar-refractivity contribution < 1.29 is 9.63 Å². The maximum atomic E-state index is 12.3. The molecule has 1 heterocycles. The first kappa shape index (κ1) is 18.3. The van der Waals surface area contributed by atoms with Gasteiger partial charge in [-0.2, -0.15) is 0 Å². The van der Waals surface area contributed by atoms with Crippen LogP contribution in [0.15, 0.2) is 109 Å². The standard InChI is InChI=1S/C27H21NO2/c29-19-25-26(24-16-15-21-11-7-8-14-23(21)17-24)28(18-20-9-3-1-4-10-20)30-27(25)22-12-5-2-6-13-22/h1-17,19,26H,18H2/t26-/m0/s1. The molecule has 4 aromatic rings. The zero-order valence-corrected chi connectivity index (χ0v) is 16.4. The molecule has 0 N–H and O–H groups in total. The van der Waals surface area contributed by atoms with Gasteiger partial charge in [0.1, 0.15) is 6.04 Å². The van der Waals surface area contributed by atoms with E-state index < -0.39 is 0 Å². The highest BCUT2D eigenvalue weighted by Crippen LogP contribution is 2.42. The van der Waals surface area contributed by atoms with Crippen LogP contribution in [0.2, 0.25) is 0 Å². The van der Waals surface area contributed by atoms with Crippen LogP contribution in [0.3, 0.4) is 0 Å². The second-order valence-corrected chi connectivity index (χ2v) is 7.43. The number of carbonyl (C=O) groups excluding carboxylic acids is 1. The van der Waals surface area contributed by atoms with Crippen molar-refractivity contribution in [2.24, 2.45) is 0 Å². The van der Waals surface area contributed by atoms with Gasteiger partial charge in [-0.15, -0.1) is 5.06 Å². The van der Waals surface area contributed by atoms with Crippen molar-refractivity contribution >= 4 is 22.8 Å². The molecule has 0 saturated heterocycles. The predicted octanol–water partition coefficient (Wildman–Crippen LogP) is 5.94. The van der Waals surface area contributed by atoms with Crippen LogP contribution in [0, 0.1) is 0 Å². The first-order chi connectivity index (χ1) is 14.8. The van der Waals surface area contributed by atoms with Gasteiger partial charge in [0, 0.05) is 5.56 Å². The molecular weight excluding hydrogens is 370 g/mol. The Balaban J connectivity index is 1.62. The molecule has 0 unspecified atom stereocenters. The highest BCUT2D eigenvalue weighted by Gasteiger charge is 2.37. The lowest BCUT2D eigenvalue weighted by atomic mass is 9.95. The SMILES string of the molecule is O=CC1=C(c2ccccc2)ON(Cc2ccccc2)[C@H]1c1ccc2ccccc2c1. The summed E-state index contributed by atoms with van der Waals surface area (Å²) in [7, 11) is 0. The molecule has 0 spiro atoms. The van der Waals surface area contributed by atoms with E-state index in [9.17, 15) is 4.79 Å². The number of nitrogens with zero attached hydrogens (tertiary/aromatic N) is 1. The molecule has 0 bridgehead atoms. The van der Waals surface area contributed by atoms with Crippen LogP contribution in [-0.2, 0) is 16.2 Å². The van der Waals surface area contributed by atoms with Crippen LogP contribution in [0.25, 0.3) is 16.5 Å². The summed E-state index contributed by atoms with van der Waals surface area (Å²) in [6.07, 6.45) is 0.938. The van der Waals surface area contributed by atoms with Crippen LogP contribution < -0.4 is 0 Å². The second kappa shape index (κ2) is 7.97. The Kier molecular flexibility index (Phi) is 4.88. The van der Waals surface area contributed by atoms with Crippen LogP contribution in [-0.4, -0.2) is 11.3 Å². The van der Waals surface area contributed by atoms with Gasteiger partial charge in [-0.1, -0.05) is 97.1 Å². The van der Waals surface area contributed by atoms with E-state index in [0.29, 0.717) is 17.9 Å². The Morgan fingerprint density at radius 1 is 0.767 bits per heavy atom. The van der Waals surface area contributed by atoms with Crippen molar-refractivity contribution in [3.05, 3.63) is 125 Å². The summed E-state index contributed by atoms with van der Waals surface area (Å²) in [6, 6.07) is 34.3. The first-order valence-corrected chi connectivity index (χ1v) is 10.1. The van der Waals surface area contributed by atoms with E-state index in [-0.39, 0.29) is 6.04 Å². The fraction of sp³-hybridized carbons (Fsp3) is 0.0741. The molecule has 0 radical (unpaired) electrons. The van der Waals surface area contributed by atoms with Crippen LogP contribution in [0.5, 0.6) is 0 Å². The first-order valence-electron chi connectivity index (χ1n) is 10.1. The van der Waals surface area contributed by atoms with Gasteiger partial charge in [0.25, 0.3) is 0 Å². The third-order valence-corrected chi connectivity index (χ3v) is 5.49. The molecule has 5 rings (SSSR count). The molecule has 3 heteroatoms. The van der Waals surface area contributed by atoms with Crippen LogP contribution in [0.1, 0.15) is 22.7 Å². The summed E-state index contributed by atoms with van der Waals surface area (Å²) < 4.78 is 0. The number of aldehydes is 1. The van der Waals surface area contributed by atoms with E-state index in [1.54, 1.807) is 0 Å². The predicted molar refractivity (Wildman–Crippen MR) is 119 cm³/mol. The van der Waals surface area contributed by atoms with Crippen LogP contribution in [0.4, 0.5) is 0 Å². The van der Waals surface area contributed by atoms with E-state index in [4.69, 9.17) is 4.84 Å². The van der Waals surface area contributed by atoms with E-state index >= 15 is 0 Å². The molecule has 0 aromatic heterocycles. The average molecular weight is 391 g/mol. The smallest absolute Gasteiger partial charge is 0.163 e. The number of hydrogen-bond donors (Lipinski definition) is 0. The number of hydrogen-bond acceptors (Lipinski definition) is 3. The van der Waals surface area contributed by atoms with E-state index in [0.717, 1.165) is 28.4 Å². The summed E-state index contributed by atoms with van der Waals surface area (Å²) in [6.45, 7) is 0.575. The minimum Gasteiger partial charge on any atom is -0.404 e. The molecule has 30 heavy (non-hydrogen) atoms. The largest absolute Gasteiger partial charge is 0.404 e. The Hall–Kier alpha value is -3.69. The summed E-state index contributed by atoms with van der Waals surface area (Å²) in [5, 5.41) is 4.23. The van der Waals surface area contributed by atoms with Crippen molar-refractivity contribution in [3.63, 3.8) is 0 Å². The molecular formula is C27H21NO2. The molecule has 4 aromatic carbocycles. The summed E-state index contributed by atoms with van der Waals surface area (Å²) >= 11 is 0. The third-order valence-electron chi connectivity index (χ3n) is 5.49. The minimum atomic E-state index is -0.275. The molecule has 0 fully saturated rings. The van der Waals surface area contributed by atoms with Gasteiger partial charge < -0.3 is 4.84 Å². The number of carbonyl (C=O) groups is 1. The lowest BCUT2D eigenvalue weighted by molar-refractivity contribution is -0.110. The topological polar surface area (TPSA) is 29.5 Å². The van der Waals surface area contributed by atoms with Gasteiger partial charge in [-0.05, 0) is 28.0 Å². The molecule has 1 atom stereocenters. The average Bonchev–Trinajstić information content (AvgIpc) is 3.18. The fourth-order valence-electron chi connectivity index (χ4n) is 4.04. The third kappa shape index (κ3) is 3.40. The maximum Gasteiger partial charge on any atom is 0.163 e. The number of benzene rings is 4. The number of fused-ring (bicyclic) bond motifs is 1. The zero-order chi connectivity index (χ0) is 20.3. The van der Waals surface area contributed by atoms with Gasteiger partial charge in [0.15, 0.2) is 12.0 Å². The molecule has 0 aliphatic carbocycles. The van der Waals surface area contributed by atoms with E-state index in [1.807, 2.05) is 65.7 Å². The zero-order valence-electron chi connectivity index (χ0n) is 16.4. The Morgan fingerprint density at radius 2 is 1.43 bits per heavy atom. The Labute approximate surface area is 175 Å².